The summed E-state index contributed by atoms with van der Waals surface area (Å²) in [5.74, 6) is 0. The molecule has 0 heterocycles. The van der Waals surface area contributed by atoms with Crippen molar-refractivity contribution >= 4 is 14.3 Å². The van der Waals surface area contributed by atoms with Crippen LogP contribution in [-0.2, 0) is 0 Å². The molecule has 0 aromatic rings. The minimum atomic E-state index is -8.95. The van der Waals surface area contributed by atoms with Gasteiger partial charge >= 0.3 is 135 Å². The standard InChI is InChI=1S/Al.5FH.2K/h;5*1H;;/q+3;;;;;;2*+1/p-5. The van der Waals surface area contributed by atoms with Crippen molar-refractivity contribution in [2.75, 3.05) is 0 Å². The smallest absolute Gasteiger partial charge is 1.00 e. The Morgan fingerprint density at radius 2 is 0.625 bits per heavy atom. The molecule has 0 nitrogen and oxygen atoms in total. The van der Waals surface area contributed by atoms with Gasteiger partial charge in [-0.05, 0) is 0 Å². The predicted octanol–water partition coefficient (Wildman–Crippen LogP) is -4.27. The van der Waals surface area contributed by atoms with Crippen molar-refractivity contribution in [2.24, 2.45) is 0 Å². The molecule has 40 valence electrons. The first kappa shape index (κ1) is 17.5. The molecule has 0 aliphatic carbocycles. The summed E-state index contributed by atoms with van der Waals surface area (Å²) in [6.45, 7) is 0. The molecule has 0 amide bonds. The molecule has 0 rings (SSSR count). The largest absolute Gasteiger partial charge is 1.00 e. The van der Waals surface area contributed by atoms with E-state index < -0.39 is 14.3 Å². The molecule has 0 atom stereocenters. The van der Waals surface area contributed by atoms with Gasteiger partial charge in [0.15, 0.2) is 0 Å². The van der Waals surface area contributed by atoms with Gasteiger partial charge in [-0.25, -0.2) is 0 Å². The van der Waals surface area contributed by atoms with Crippen molar-refractivity contribution in [3.05, 3.63) is 0 Å². The summed E-state index contributed by atoms with van der Waals surface area (Å²) < 4.78 is 49.4. The second-order valence-electron chi connectivity index (χ2n) is 0.825. The van der Waals surface area contributed by atoms with E-state index in [1.54, 1.807) is 0 Å². The number of hydrogen-bond donors (Lipinski definition) is 0. The van der Waals surface area contributed by atoms with Crippen molar-refractivity contribution in [3.63, 3.8) is 0 Å². The van der Waals surface area contributed by atoms with Gasteiger partial charge in [0.25, 0.3) is 0 Å². The Morgan fingerprint density at radius 1 is 0.625 bits per heavy atom. The van der Waals surface area contributed by atoms with Crippen LogP contribution in [0, 0.1) is 0 Å². The molecule has 0 spiro atoms. The molecule has 0 aliphatic heterocycles. The van der Waals surface area contributed by atoms with Crippen molar-refractivity contribution in [1.82, 2.24) is 0 Å². The van der Waals surface area contributed by atoms with Crippen LogP contribution in [0.5, 0.6) is 0 Å². The Labute approximate surface area is 131 Å². The van der Waals surface area contributed by atoms with Crippen molar-refractivity contribution in [1.29, 1.82) is 0 Å². The molecular formula is AlF5K2. The minimum absolute atomic E-state index is 0. The third-order valence-corrected chi connectivity index (χ3v) is 0. The normalized spacial score (nSPS) is 14.4. The molecule has 0 unspecified atom stereocenters. The Hall–Kier alpha value is 3.46. The number of hydrogen-bond acceptors (Lipinski definition) is 0. The molecule has 0 aromatic carbocycles. The Bertz CT molecular complexity index is 43.6. The van der Waals surface area contributed by atoms with E-state index in [1.165, 1.54) is 0 Å². The molecule has 8 heteroatoms. The summed E-state index contributed by atoms with van der Waals surface area (Å²) in [5, 5.41) is 0. The maximum Gasteiger partial charge on any atom is 1.00 e. The first-order valence-electron chi connectivity index (χ1n) is 1.09. The fourth-order valence-electron chi connectivity index (χ4n) is 0. The van der Waals surface area contributed by atoms with E-state index in [2.05, 4.69) is 0 Å². The van der Waals surface area contributed by atoms with Gasteiger partial charge in [0, 0.05) is 0 Å². The molecule has 0 fully saturated rings. The first-order chi connectivity index (χ1) is 2.24. The van der Waals surface area contributed by atoms with E-state index in [0.717, 1.165) is 0 Å². The van der Waals surface area contributed by atoms with E-state index in [4.69, 9.17) is 0 Å². The molecule has 8 heavy (non-hydrogen) atoms. The van der Waals surface area contributed by atoms with Crippen LogP contribution < -0.4 is 103 Å². The van der Waals surface area contributed by atoms with Gasteiger partial charge in [-0.3, -0.25) is 0 Å². The maximum absolute atomic E-state index is 9.88. The topological polar surface area (TPSA) is 0 Å². The summed E-state index contributed by atoms with van der Waals surface area (Å²) in [6.07, 6.45) is 0. The summed E-state index contributed by atoms with van der Waals surface area (Å²) >= 11 is -8.95. The van der Waals surface area contributed by atoms with Crippen LogP contribution >= 0.6 is 0 Å². The average molecular weight is 200 g/mol. The second kappa shape index (κ2) is 5.16. The van der Waals surface area contributed by atoms with Gasteiger partial charge in [-0.2, -0.15) is 0 Å². The van der Waals surface area contributed by atoms with E-state index in [-0.39, 0.29) is 103 Å². The fourth-order valence-corrected chi connectivity index (χ4v) is 0. The third-order valence-electron chi connectivity index (χ3n) is 0. The van der Waals surface area contributed by atoms with Crippen molar-refractivity contribution < 1.29 is 120 Å². The van der Waals surface area contributed by atoms with Crippen LogP contribution in [0.25, 0.3) is 0 Å². The summed E-state index contributed by atoms with van der Waals surface area (Å²) in [7, 11) is 0. The molecule has 0 radical (unpaired) electrons. The van der Waals surface area contributed by atoms with Gasteiger partial charge in [-0.15, -0.1) is 0 Å². The molecule has 0 bridgehead atoms. The van der Waals surface area contributed by atoms with Gasteiger partial charge in [0.05, 0.1) is 0 Å². The summed E-state index contributed by atoms with van der Waals surface area (Å²) in [5.41, 5.74) is 0. The molecule has 0 saturated heterocycles. The second-order valence-corrected chi connectivity index (χ2v) is 2.47. The quantitative estimate of drug-likeness (QED) is 0.274. The Morgan fingerprint density at radius 3 is 0.625 bits per heavy atom. The predicted molar refractivity (Wildman–Crippen MR) is 11.3 cm³/mol. The Kier molecular flexibility index (Phi) is 11.3. The van der Waals surface area contributed by atoms with Crippen molar-refractivity contribution in [3.8, 4) is 0 Å². The van der Waals surface area contributed by atoms with E-state index in [0.29, 0.717) is 0 Å². The average Bonchev–Trinajstić information content (AvgIpc) is 0.650. The van der Waals surface area contributed by atoms with E-state index in [9.17, 15) is 17.6 Å². The molecular weight excluding hydrogens is 200 g/mol. The number of rotatable bonds is 0. The Balaban J connectivity index is -0.000000125. The first-order valence-corrected chi connectivity index (χ1v) is 3.27. The van der Waals surface area contributed by atoms with Crippen LogP contribution in [0.15, 0.2) is 0 Å². The third kappa shape index (κ3) is 56.6. The number of halogens is 5. The summed E-state index contributed by atoms with van der Waals surface area (Å²) in [4.78, 5) is 0. The molecule has 0 aliphatic rings. The van der Waals surface area contributed by atoms with Crippen molar-refractivity contribution in [2.45, 2.75) is 0 Å². The van der Waals surface area contributed by atoms with Gasteiger partial charge in [0.1, 0.15) is 0 Å². The fraction of sp³-hybridized carbons (Fsp3) is 0. The maximum atomic E-state index is 9.88. The zero-order chi connectivity index (χ0) is 5.45. The van der Waals surface area contributed by atoms with Crippen LogP contribution in [-0.4, -0.2) is 14.3 Å². The van der Waals surface area contributed by atoms with Crippen LogP contribution in [0.1, 0.15) is 0 Å². The van der Waals surface area contributed by atoms with Gasteiger partial charge in [0.2, 0.25) is 0 Å². The van der Waals surface area contributed by atoms with Gasteiger partial charge < -0.3 is 0 Å². The summed E-state index contributed by atoms with van der Waals surface area (Å²) in [6, 6.07) is 0. The van der Waals surface area contributed by atoms with Crippen LogP contribution in [0.2, 0.25) is 0 Å². The minimum Gasteiger partial charge on any atom is 1.00 e. The zero-order valence-electron chi connectivity index (χ0n) is 4.47. The molecule has 0 saturated carbocycles. The van der Waals surface area contributed by atoms with E-state index in [1.807, 2.05) is 0 Å². The molecule has 0 aromatic heterocycles. The van der Waals surface area contributed by atoms with E-state index >= 15 is 0 Å². The van der Waals surface area contributed by atoms with Crippen LogP contribution in [0.3, 0.4) is 0 Å². The molecule has 0 N–H and O–H groups in total. The monoisotopic (exact) mass is 200 g/mol. The zero-order valence-corrected chi connectivity index (χ0v) is 11.9. The van der Waals surface area contributed by atoms with Gasteiger partial charge in [-0.1, -0.05) is 0 Å². The van der Waals surface area contributed by atoms with Crippen LogP contribution in [0.4, 0.5) is 17.6 Å². The SMILES string of the molecule is [F][Al-2]([F])([F])([F])[F].[K+].[K+].